The van der Waals surface area contributed by atoms with E-state index in [2.05, 4.69) is 16.4 Å². The molecule has 1 aliphatic rings. The van der Waals surface area contributed by atoms with Gasteiger partial charge in [-0.2, -0.15) is 0 Å². The minimum atomic E-state index is -1.24. The third kappa shape index (κ3) is 9.02. The molecule has 2 rings (SSSR count). The summed E-state index contributed by atoms with van der Waals surface area (Å²) in [7, 11) is 0. The Kier molecular flexibility index (Phi) is 11.9. The molecule has 0 bridgehead atoms. The van der Waals surface area contributed by atoms with E-state index < -0.39 is 29.6 Å². The van der Waals surface area contributed by atoms with Gasteiger partial charge in [-0.15, -0.1) is 0 Å². The van der Waals surface area contributed by atoms with E-state index in [1.54, 1.807) is 27.0 Å². The predicted molar refractivity (Wildman–Crippen MR) is 147 cm³/mol. The normalized spacial score (nSPS) is 30.5. The van der Waals surface area contributed by atoms with E-state index >= 15 is 0 Å². The highest BCUT2D eigenvalue weighted by Crippen LogP contribution is 2.32. The van der Waals surface area contributed by atoms with Crippen molar-refractivity contribution in [1.82, 2.24) is 10.3 Å². The van der Waals surface area contributed by atoms with Gasteiger partial charge in [-0.05, 0) is 70.7 Å². The SMILES string of the molecule is C/C=C/C[C@H]1C(=O)C(C)(C)[C@@H](O)CC(=O)N[C@H](/C(C)=C/c2ccccn2)C/C=C(/C)CCO[C@H](C)[C@H]1O. The summed E-state index contributed by atoms with van der Waals surface area (Å²) >= 11 is 0. The van der Waals surface area contributed by atoms with Gasteiger partial charge in [0.15, 0.2) is 0 Å². The minimum absolute atomic E-state index is 0.229. The molecule has 1 aromatic heterocycles. The standard InChI is InChI=1S/C30H44N2O5/c1-7-8-12-24-28(35)22(4)37-17-15-20(2)13-14-25(21(3)18-23-11-9-10-16-31-23)32-27(34)19-26(33)30(5,6)29(24)36/h7-11,13,16,18,22,24-26,28,33,35H,12,14-15,17,19H2,1-6H3,(H,32,34)/b8-7+,20-13-,21-18+/t22-,24-,25+,26+,28-/m1/s1. The molecule has 37 heavy (non-hydrogen) atoms. The Labute approximate surface area is 221 Å². The number of aliphatic hydroxyl groups excluding tert-OH is 2. The van der Waals surface area contributed by atoms with E-state index in [1.807, 2.05) is 57.2 Å². The van der Waals surface area contributed by atoms with Crippen molar-refractivity contribution in [2.75, 3.05) is 6.61 Å². The summed E-state index contributed by atoms with van der Waals surface area (Å²) in [6.07, 6.45) is 7.91. The second kappa shape index (κ2) is 14.4. The summed E-state index contributed by atoms with van der Waals surface area (Å²) in [5.74, 6) is -1.40. The van der Waals surface area contributed by atoms with Crippen LogP contribution in [-0.4, -0.2) is 57.8 Å². The molecule has 5 atom stereocenters. The summed E-state index contributed by atoms with van der Waals surface area (Å²) in [5.41, 5.74) is 1.58. The molecule has 0 aromatic carbocycles. The van der Waals surface area contributed by atoms with Gasteiger partial charge in [0.1, 0.15) is 5.78 Å². The summed E-state index contributed by atoms with van der Waals surface area (Å²) in [4.78, 5) is 31.0. The molecule has 0 radical (unpaired) electrons. The lowest BCUT2D eigenvalue weighted by Crippen LogP contribution is -2.49. The molecule has 1 aromatic rings. The van der Waals surface area contributed by atoms with Crippen molar-refractivity contribution in [3.8, 4) is 0 Å². The topological polar surface area (TPSA) is 109 Å². The maximum atomic E-state index is 13.6. The number of Topliss-reactive ketones (excluding diaryl/α,β-unsaturated/α-hetero) is 1. The van der Waals surface area contributed by atoms with Crippen LogP contribution in [0.15, 0.2) is 53.8 Å². The van der Waals surface area contributed by atoms with Crippen molar-refractivity contribution in [1.29, 1.82) is 0 Å². The monoisotopic (exact) mass is 512 g/mol. The van der Waals surface area contributed by atoms with E-state index in [-0.39, 0.29) is 24.2 Å². The molecule has 0 unspecified atom stereocenters. The molecule has 0 aliphatic carbocycles. The number of hydrogen-bond donors (Lipinski definition) is 3. The first-order valence-corrected chi connectivity index (χ1v) is 13.1. The number of aliphatic hydroxyl groups is 2. The largest absolute Gasteiger partial charge is 0.392 e. The molecular formula is C30H44N2O5. The predicted octanol–water partition coefficient (Wildman–Crippen LogP) is 4.40. The summed E-state index contributed by atoms with van der Waals surface area (Å²) < 4.78 is 5.93. The average Bonchev–Trinajstić information content (AvgIpc) is 2.86. The molecular weight excluding hydrogens is 468 g/mol. The quantitative estimate of drug-likeness (QED) is 0.516. The fourth-order valence-corrected chi connectivity index (χ4v) is 4.42. The molecule has 0 saturated carbocycles. The fourth-order valence-electron chi connectivity index (χ4n) is 4.42. The van der Waals surface area contributed by atoms with Crippen LogP contribution in [0.25, 0.3) is 6.08 Å². The zero-order valence-corrected chi connectivity index (χ0v) is 23.1. The van der Waals surface area contributed by atoms with Crippen LogP contribution in [0.4, 0.5) is 0 Å². The van der Waals surface area contributed by atoms with Crippen LogP contribution in [0.2, 0.25) is 0 Å². The second-order valence-corrected chi connectivity index (χ2v) is 10.6. The molecule has 0 saturated heterocycles. The molecule has 2 heterocycles. The Hall–Kier alpha value is -2.61. The van der Waals surface area contributed by atoms with Crippen molar-refractivity contribution in [2.45, 2.75) is 91.6 Å². The number of carbonyl (C=O) groups excluding carboxylic acids is 2. The second-order valence-electron chi connectivity index (χ2n) is 10.6. The smallest absolute Gasteiger partial charge is 0.223 e. The van der Waals surface area contributed by atoms with Gasteiger partial charge >= 0.3 is 0 Å². The van der Waals surface area contributed by atoms with Crippen LogP contribution >= 0.6 is 0 Å². The van der Waals surface area contributed by atoms with Gasteiger partial charge in [0.25, 0.3) is 0 Å². The highest BCUT2D eigenvalue weighted by Gasteiger charge is 2.43. The maximum absolute atomic E-state index is 13.6. The van der Waals surface area contributed by atoms with Crippen LogP contribution in [0, 0.1) is 11.3 Å². The first-order valence-electron chi connectivity index (χ1n) is 13.1. The van der Waals surface area contributed by atoms with Crippen molar-refractivity contribution in [3.63, 3.8) is 0 Å². The van der Waals surface area contributed by atoms with Crippen LogP contribution in [0.3, 0.4) is 0 Å². The van der Waals surface area contributed by atoms with Crippen molar-refractivity contribution in [2.24, 2.45) is 11.3 Å². The number of pyridine rings is 1. The third-order valence-corrected chi connectivity index (χ3v) is 7.23. The van der Waals surface area contributed by atoms with Gasteiger partial charge in [-0.1, -0.05) is 43.7 Å². The first kappa shape index (κ1) is 30.6. The number of rotatable bonds is 4. The zero-order valence-electron chi connectivity index (χ0n) is 23.1. The number of aromatic nitrogens is 1. The number of allylic oxidation sites excluding steroid dienone is 2. The molecule has 3 N–H and O–H groups in total. The van der Waals surface area contributed by atoms with Crippen LogP contribution in [-0.2, 0) is 14.3 Å². The molecule has 0 spiro atoms. The van der Waals surface area contributed by atoms with Gasteiger partial charge in [0.2, 0.25) is 5.91 Å². The summed E-state index contributed by atoms with van der Waals surface area (Å²) in [6, 6.07) is 5.36. The van der Waals surface area contributed by atoms with Gasteiger partial charge in [-0.25, -0.2) is 0 Å². The van der Waals surface area contributed by atoms with Crippen molar-refractivity contribution >= 4 is 17.8 Å². The Morgan fingerprint density at radius 2 is 2.00 bits per heavy atom. The molecule has 204 valence electrons. The Balaban J connectivity index is 2.38. The number of carbonyl (C=O) groups is 2. The van der Waals surface area contributed by atoms with Crippen LogP contribution < -0.4 is 5.32 Å². The molecule has 0 fully saturated rings. The maximum Gasteiger partial charge on any atom is 0.223 e. The Morgan fingerprint density at radius 3 is 2.65 bits per heavy atom. The van der Waals surface area contributed by atoms with E-state index in [9.17, 15) is 19.8 Å². The van der Waals surface area contributed by atoms with Gasteiger partial charge in [0.05, 0.1) is 54.4 Å². The third-order valence-electron chi connectivity index (χ3n) is 7.23. The fraction of sp³-hybridized carbons (Fsp3) is 0.567. The Bertz CT molecular complexity index is 983. The van der Waals surface area contributed by atoms with Gasteiger partial charge < -0.3 is 20.3 Å². The lowest BCUT2D eigenvalue weighted by molar-refractivity contribution is -0.146. The highest BCUT2D eigenvalue weighted by atomic mass is 16.5. The van der Waals surface area contributed by atoms with Crippen LogP contribution in [0.1, 0.15) is 72.9 Å². The average molecular weight is 513 g/mol. The molecule has 1 aliphatic heterocycles. The number of amides is 1. The zero-order chi connectivity index (χ0) is 27.6. The van der Waals surface area contributed by atoms with E-state index in [0.717, 1.165) is 16.8 Å². The number of nitrogens with one attached hydrogen (secondary N) is 1. The number of ketones is 1. The summed E-state index contributed by atoms with van der Waals surface area (Å²) in [5, 5.41) is 25.1. The lowest BCUT2D eigenvalue weighted by Gasteiger charge is -2.35. The summed E-state index contributed by atoms with van der Waals surface area (Å²) in [6.45, 7) is 11.2. The van der Waals surface area contributed by atoms with Crippen molar-refractivity contribution in [3.05, 3.63) is 59.5 Å². The lowest BCUT2D eigenvalue weighted by atomic mass is 9.72. The van der Waals surface area contributed by atoms with Crippen LogP contribution in [0.5, 0.6) is 0 Å². The van der Waals surface area contributed by atoms with Gasteiger partial charge in [0, 0.05) is 6.20 Å². The van der Waals surface area contributed by atoms with Crippen molar-refractivity contribution < 1.29 is 24.5 Å². The number of ether oxygens (including phenoxy) is 1. The highest BCUT2D eigenvalue weighted by molar-refractivity contribution is 5.88. The number of nitrogens with zero attached hydrogens (tertiary/aromatic N) is 1. The minimum Gasteiger partial charge on any atom is -0.392 e. The molecule has 1 amide bonds. The van der Waals surface area contributed by atoms with E-state index in [1.165, 1.54) is 0 Å². The first-order chi connectivity index (χ1) is 17.5. The van der Waals surface area contributed by atoms with E-state index in [4.69, 9.17) is 4.74 Å². The van der Waals surface area contributed by atoms with Gasteiger partial charge in [-0.3, -0.25) is 14.6 Å². The Morgan fingerprint density at radius 1 is 1.27 bits per heavy atom. The number of hydrogen-bond acceptors (Lipinski definition) is 6. The molecule has 7 heteroatoms. The van der Waals surface area contributed by atoms with E-state index in [0.29, 0.717) is 25.9 Å². The molecule has 7 nitrogen and oxygen atoms in total.